The van der Waals surface area contributed by atoms with E-state index in [-0.39, 0.29) is 6.04 Å². The molecule has 154 valence electrons. The Morgan fingerprint density at radius 1 is 1.24 bits per heavy atom. The van der Waals surface area contributed by atoms with Gasteiger partial charge in [0.1, 0.15) is 0 Å². The first-order chi connectivity index (χ1) is 14.0. The molecule has 1 aliphatic carbocycles. The zero-order valence-corrected chi connectivity index (χ0v) is 18.2. The van der Waals surface area contributed by atoms with Gasteiger partial charge in [0.15, 0.2) is 5.65 Å². The molecule has 0 atom stereocenters. The molecule has 3 aromatic rings. The highest BCUT2D eigenvalue weighted by molar-refractivity contribution is 5.92. The minimum Gasteiger partial charge on any atom is -0.382 e. The predicted molar refractivity (Wildman–Crippen MR) is 121 cm³/mol. The fourth-order valence-corrected chi connectivity index (χ4v) is 3.76. The summed E-state index contributed by atoms with van der Waals surface area (Å²) in [5, 5.41) is 9.42. The number of aromatic nitrogens is 3. The van der Waals surface area contributed by atoms with Gasteiger partial charge in [0.25, 0.3) is 0 Å². The van der Waals surface area contributed by atoms with E-state index in [1.54, 1.807) is 0 Å². The largest absolute Gasteiger partial charge is 0.382 e. The lowest BCUT2D eigenvalue weighted by atomic mass is 10.1. The van der Waals surface area contributed by atoms with E-state index in [1.165, 1.54) is 36.8 Å². The average molecular weight is 392 g/mol. The maximum absolute atomic E-state index is 5.03. The maximum atomic E-state index is 5.03. The summed E-state index contributed by atoms with van der Waals surface area (Å²) in [6, 6.07) is 11.9. The van der Waals surface area contributed by atoms with Crippen molar-refractivity contribution in [3.8, 4) is 11.3 Å². The van der Waals surface area contributed by atoms with Crippen LogP contribution in [0.1, 0.15) is 58.1 Å². The smallest absolute Gasteiger partial charge is 0.160 e. The zero-order chi connectivity index (χ0) is 20.4. The van der Waals surface area contributed by atoms with Crippen LogP contribution in [0.15, 0.2) is 36.5 Å². The molecule has 1 aliphatic rings. The number of unbranched alkanes of at least 4 members (excludes halogenated alkanes) is 1. The summed E-state index contributed by atoms with van der Waals surface area (Å²) >= 11 is 0. The third-order valence-corrected chi connectivity index (χ3v) is 5.56. The van der Waals surface area contributed by atoms with Gasteiger partial charge in [0, 0.05) is 29.9 Å². The molecule has 0 bridgehead atoms. The highest BCUT2D eigenvalue weighted by atomic mass is 15.3. The number of hydrogen-bond acceptors (Lipinski definition) is 4. The first kappa shape index (κ1) is 19.9. The van der Waals surface area contributed by atoms with E-state index in [2.05, 4.69) is 73.5 Å². The van der Waals surface area contributed by atoms with Crippen molar-refractivity contribution in [1.82, 2.24) is 19.7 Å². The molecule has 29 heavy (non-hydrogen) atoms. The Morgan fingerprint density at radius 3 is 2.79 bits per heavy atom. The Kier molecular flexibility index (Phi) is 5.86. The Bertz CT molecular complexity index is 971. The van der Waals surface area contributed by atoms with Crippen molar-refractivity contribution in [2.75, 3.05) is 18.9 Å². The molecule has 4 rings (SSSR count). The number of nitrogens with one attached hydrogen (secondary N) is 1. The van der Waals surface area contributed by atoms with Gasteiger partial charge in [-0.25, -0.2) is 9.67 Å². The summed E-state index contributed by atoms with van der Waals surface area (Å²) in [7, 11) is 2.20. The molecular formula is C24H33N5. The molecular weight excluding hydrogens is 358 g/mol. The summed E-state index contributed by atoms with van der Waals surface area (Å²) in [5.74, 6) is 0. The number of fused-ring (bicyclic) bond motifs is 1. The summed E-state index contributed by atoms with van der Waals surface area (Å²) in [4.78, 5) is 7.43. The second-order valence-corrected chi connectivity index (χ2v) is 8.69. The van der Waals surface area contributed by atoms with E-state index in [1.807, 2.05) is 10.9 Å². The van der Waals surface area contributed by atoms with Crippen LogP contribution in [0.3, 0.4) is 0 Å². The van der Waals surface area contributed by atoms with E-state index < -0.39 is 0 Å². The minimum absolute atomic E-state index is 0.280. The highest BCUT2D eigenvalue weighted by Gasteiger charge is 2.23. The maximum Gasteiger partial charge on any atom is 0.160 e. The summed E-state index contributed by atoms with van der Waals surface area (Å²) in [6.07, 6.45) is 6.92. The molecule has 2 aromatic heterocycles. The molecule has 1 aromatic carbocycles. The van der Waals surface area contributed by atoms with Crippen LogP contribution in [-0.4, -0.2) is 39.3 Å². The molecule has 2 heterocycles. The SMILES string of the molecule is CCCCN(C)Cc1cccc(-c2cc(NC3CC3)c3cnn(C(C)C)c3n2)c1. The van der Waals surface area contributed by atoms with Gasteiger partial charge in [-0.3, -0.25) is 0 Å². The third kappa shape index (κ3) is 4.61. The van der Waals surface area contributed by atoms with Crippen molar-refractivity contribution in [2.24, 2.45) is 0 Å². The zero-order valence-electron chi connectivity index (χ0n) is 18.2. The Balaban J connectivity index is 1.69. The van der Waals surface area contributed by atoms with Gasteiger partial charge in [0.05, 0.1) is 17.3 Å². The van der Waals surface area contributed by atoms with E-state index in [9.17, 15) is 0 Å². The van der Waals surface area contributed by atoms with Crippen LogP contribution < -0.4 is 5.32 Å². The van der Waals surface area contributed by atoms with Crippen LogP contribution in [0.2, 0.25) is 0 Å². The van der Waals surface area contributed by atoms with Crippen molar-refractivity contribution < 1.29 is 0 Å². The predicted octanol–water partition coefficient (Wildman–Crippen LogP) is 5.49. The fourth-order valence-electron chi connectivity index (χ4n) is 3.76. The van der Waals surface area contributed by atoms with Crippen molar-refractivity contribution in [3.05, 3.63) is 42.1 Å². The van der Waals surface area contributed by atoms with E-state index in [0.29, 0.717) is 6.04 Å². The molecule has 0 radical (unpaired) electrons. The standard InChI is InChI=1S/C24H33N5/c1-5-6-12-28(4)16-18-8-7-9-19(13-18)22-14-23(26-20-10-11-20)21-15-25-29(17(2)3)24(21)27-22/h7-9,13-15,17,20H,5-6,10-12,16H2,1-4H3,(H,26,27). The number of pyridine rings is 1. The van der Waals surface area contributed by atoms with Crippen molar-refractivity contribution in [1.29, 1.82) is 0 Å². The molecule has 5 heteroatoms. The lowest BCUT2D eigenvalue weighted by molar-refractivity contribution is 0.321. The second kappa shape index (κ2) is 8.54. The van der Waals surface area contributed by atoms with Crippen molar-refractivity contribution in [3.63, 3.8) is 0 Å². The molecule has 0 saturated heterocycles. The van der Waals surface area contributed by atoms with Gasteiger partial charge in [-0.15, -0.1) is 0 Å². The molecule has 1 saturated carbocycles. The molecule has 5 nitrogen and oxygen atoms in total. The summed E-state index contributed by atoms with van der Waals surface area (Å²) in [5.41, 5.74) is 5.64. The molecule has 1 fully saturated rings. The van der Waals surface area contributed by atoms with Crippen LogP contribution in [0.4, 0.5) is 5.69 Å². The van der Waals surface area contributed by atoms with Crippen LogP contribution in [0.25, 0.3) is 22.3 Å². The quantitative estimate of drug-likeness (QED) is 0.524. The molecule has 0 amide bonds. The number of anilines is 1. The Hall–Kier alpha value is -2.40. The average Bonchev–Trinajstić information content (AvgIpc) is 3.41. The molecule has 1 N–H and O–H groups in total. The Morgan fingerprint density at radius 2 is 2.07 bits per heavy atom. The first-order valence-corrected chi connectivity index (χ1v) is 11.0. The summed E-state index contributed by atoms with van der Waals surface area (Å²) in [6.45, 7) is 8.65. The monoisotopic (exact) mass is 391 g/mol. The number of rotatable bonds is 9. The second-order valence-electron chi connectivity index (χ2n) is 8.69. The van der Waals surface area contributed by atoms with Crippen molar-refractivity contribution in [2.45, 2.75) is 65.1 Å². The fraction of sp³-hybridized carbons (Fsp3) is 0.500. The van der Waals surface area contributed by atoms with Gasteiger partial charge >= 0.3 is 0 Å². The molecule has 0 aliphatic heterocycles. The van der Waals surface area contributed by atoms with Crippen LogP contribution in [0.5, 0.6) is 0 Å². The molecule has 0 unspecified atom stereocenters. The van der Waals surface area contributed by atoms with Gasteiger partial charge in [-0.1, -0.05) is 31.5 Å². The van der Waals surface area contributed by atoms with Crippen LogP contribution in [-0.2, 0) is 6.54 Å². The Labute approximate surface area is 174 Å². The first-order valence-electron chi connectivity index (χ1n) is 11.0. The lowest BCUT2D eigenvalue weighted by Gasteiger charge is -2.17. The van der Waals surface area contributed by atoms with Crippen molar-refractivity contribution >= 4 is 16.7 Å². The van der Waals surface area contributed by atoms with E-state index >= 15 is 0 Å². The topological polar surface area (TPSA) is 46.0 Å². The van der Waals surface area contributed by atoms with Crippen LogP contribution in [0, 0.1) is 0 Å². The van der Waals surface area contributed by atoms with E-state index in [4.69, 9.17) is 4.98 Å². The van der Waals surface area contributed by atoms with E-state index in [0.717, 1.165) is 35.5 Å². The lowest BCUT2D eigenvalue weighted by Crippen LogP contribution is -2.18. The normalized spacial score (nSPS) is 14.3. The van der Waals surface area contributed by atoms with Gasteiger partial charge in [-0.05, 0) is 64.4 Å². The summed E-state index contributed by atoms with van der Waals surface area (Å²) < 4.78 is 2.03. The number of nitrogens with zero attached hydrogens (tertiary/aromatic N) is 4. The highest BCUT2D eigenvalue weighted by Crippen LogP contribution is 2.33. The van der Waals surface area contributed by atoms with Gasteiger partial charge in [-0.2, -0.15) is 5.10 Å². The van der Waals surface area contributed by atoms with Gasteiger partial charge in [0.2, 0.25) is 0 Å². The number of hydrogen-bond donors (Lipinski definition) is 1. The minimum atomic E-state index is 0.280. The van der Waals surface area contributed by atoms with Crippen LogP contribution >= 0.6 is 0 Å². The third-order valence-electron chi connectivity index (χ3n) is 5.56. The van der Waals surface area contributed by atoms with Gasteiger partial charge < -0.3 is 10.2 Å². The molecule has 0 spiro atoms. The number of benzene rings is 1.